The lowest BCUT2D eigenvalue weighted by molar-refractivity contribution is 0.100. The third kappa shape index (κ3) is 2.85. The fourth-order valence-electron chi connectivity index (χ4n) is 1.68. The maximum Gasteiger partial charge on any atom is 0.250 e. The van der Waals surface area contributed by atoms with Crippen LogP contribution >= 0.6 is 11.8 Å². The third-order valence-corrected chi connectivity index (χ3v) is 3.75. The number of methoxy groups -OCH3 is 1. The van der Waals surface area contributed by atoms with Crippen LogP contribution in [0.15, 0.2) is 46.2 Å². The summed E-state index contributed by atoms with van der Waals surface area (Å²) in [5.74, 6) is -0.581. The molecule has 0 aromatic heterocycles. The van der Waals surface area contributed by atoms with Gasteiger partial charge in [0.25, 0.3) is 5.91 Å². The average Bonchev–Trinajstić information content (AvgIpc) is 2.42. The Morgan fingerprint density at radius 2 is 1.95 bits per heavy atom. The van der Waals surface area contributed by atoms with E-state index in [0.717, 1.165) is 22.7 Å². The molecule has 0 atom stereocenters. The Bertz CT molecular complexity index is 662. The molecule has 0 aliphatic carbocycles. The molecule has 0 heterocycles. The zero-order valence-electron chi connectivity index (χ0n) is 10.7. The molecule has 0 aliphatic heterocycles. The number of halogens is 1. The summed E-state index contributed by atoms with van der Waals surface area (Å²) in [6.45, 7) is 0. The van der Waals surface area contributed by atoms with E-state index in [0.29, 0.717) is 5.75 Å². The van der Waals surface area contributed by atoms with E-state index in [9.17, 15) is 9.18 Å². The molecule has 4 nitrogen and oxygen atoms in total. The van der Waals surface area contributed by atoms with Gasteiger partial charge >= 0.3 is 0 Å². The standard InChI is InChI=1S/C14H13FN2O2S/c1-19-11-4-2-3-5-12(11)20-13-6-8(14(17)18)10(16)7-9(13)15/h2-7H,16H2,1H3,(H2,17,18). The second-order valence-corrected chi connectivity index (χ2v) is 5.07. The zero-order chi connectivity index (χ0) is 14.7. The minimum Gasteiger partial charge on any atom is -0.496 e. The summed E-state index contributed by atoms with van der Waals surface area (Å²) >= 11 is 1.14. The van der Waals surface area contributed by atoms with Crippen molar-refractivity contribution in [3.05, 3.63) is 47.8 Å². The number of carbonyl (C=O) groups excluding carboxylic acids is 1. The number of hydrogen-bond donors (Lipinski definition) is 2. The summed E-state index contributed by atoms with van der Waals surface area (Å²) in [7, 11) is 1.54. The molecule has 2 rings (SSSR count). The lowest BCUT2D eigenvalue weighted by Gasteiger charge is -2.10. The van der Waals surface area contributed by atoms with Crippen LogP contribution in [0.25, 0.3) is 0 Å². The largest absolute Gasteiger partial charge is 0.496 e. The van der Waals surface area contributed by atoms with Gasteiger partial charge in [-0.2, -0.15) is 0 Å². The van der Waals surface area contributed by atoms with Crippen molar-refractivity contribution in [1.82, 2.24) is 0 Å². The molecular weight excluding hydrogens is 279 g/mol. The first-order valence-corrected chi connectivity index (χ1v) is 6.54. The van der Waals surface area contributed by atoms with Gasteiger partial charge in [0.05, 0.1) is 17.6 Å². The molecule has 0 bridgehead atoms. The van der Waals surface area contributed by atoms with Crippen LogP contribution in [0.3, 0.4) is 0 Å². The Hall–Kier alpha value is -2.21. The highest BCUT2D eigenvalue weighted by atomic mass is 32.2. The van der Waals surface area contributed by atoms with Gasteiger partial charge in [-0.1, -0.05) is 23.9 Å². The Morgan fingerprint density at radius 1 is 1.25 bits per heavy atom. The van der Waals surface area contributed by atoms with Crippen molar-refractivity contribution in [2.24, 2.45) is 5.73 Å². The highest BCUT2D eigenvalue weighted by molar-refractivity contribution is 7.99. The van der Waals surface area contributed by atoms with Crippen molar-refractivity contribution < 1.29 is 13.9 Å². The first-order chi connectivity index (χ1) is 9.52. The highest BCUT2D eigenvalue weighted by Gasteiger charge is 2.14. The SMILES string of the molecule is COc1ccccc1Sc1cc(C(N)=O)c(N)cc1F. The number of anilines is 1. The Morgan fingerprint density at radius 3 is 2.60 bits per heavy atom. The molecule has 0 fully saturated rings. The van der Waals surface area contributed by atoms with E-state index in [2.05, 4.69) is 0 Å². The van der Waals surface area contributed by atoms with Crippen LogP contribution in [0.4, 0.5) is 10.1 Å². The monoisotopic (exact) mass is 292 g/mol. The van der Waals surface area contributed by atoms with E-state index >= 15 is 0 Å². The van der Waals surface area contributed by atoms with Crippen LogP contribution in [0, 0.1) is 5.82 Å². The summed E-state index contributed by atoms with van der Waals surface area (Å²) in [6, 6.07) is 9.64. The van der Waals surface area contributed by atoms with Crippen LogP contribution in [0.5, 0.6) is 5.75 Å². The predicted molar refractivity (Wildman–Crippen MR) is 76.4 cm³/mol. The second kappa shape index (κ2) is 5.83. The summed E-state index contributed by atoms with van der Waals surface area (Å²) in [6.07, 6.45) is 0. The first-order valence-electron chi connectivity index (χ1n) is 5.72. The van der Waals surface area contributed by atoms with E-state index < -0.39 is 11.7 Å². The van der Waals surface area contributed by atoms with E-state index in [1.54, 1.807) is 12.1 Å². The Labute approximate surface area is 119 Å². The lowest BCUT2D eigenvalue weighted by Crippen LogP contribution is -2.14. The number of amides is 1. The molecule has 0 radical (unpaired) electrons. The van der Waals surface area contributed by atoms with Crippen LogP contribution in [0.2, 0.25) is 0 Å². The van der Waals surface area contributed by atoms with E-state index in [1.807, 2.05) is 12.1 Å². The molecule has 6 heteroatoms. The number of rotatable bonds is 4. The van der Waals surface area contributed by atoms with Crippen LogP contribution < -0.4 is 16.2 Å². The van der Waals surface area contributed by atoms with E-state index in [4.69, 9.17) is 16.2 Å². The zero-order valence-corrected chi connectivity index (χ0v) is 11.5. The van der Waals surface area contributed by atoms with Gasteiger partial charge in [-0.15, -0.1) is 0 Å². The van der Waals surface area contributed by atoms with Gasteiger partial charge in [0.1, 0.15) is 11.6 Å². The number of para-hydroxylation sites is 1. The van der Waals surface area contributed by atoms with Crippen molar-refractivity contribution >= 4 is 23.4 Å². The second-order valence-electron chi connectivity index (χ2n) is 3.99. The number of hydrogen-bond acceptors (Lipinski definition) is 4. The number of nitrogens with two attached hydrogens (primary N) is 2. The topological polar surface area (TPSA) is 78.3 Å². The van der Waals surface area contributed by atoms with Crippen LogP contribution in [0.1, 0.15) is 10.4 Å². The van der Waals surface area contributed by atoms with Gasteiger partial charge in [-0.25, -0.2) is 4.39 Å². The van der Waals surface area contributed by atoms with Crippen molar-refractivity contribution in [3.8, 4) is 5.75 Å². The number of primary amides is 1. The van der Waals surface area contributed by atoms with Crippen molar-refractivity contribution in [3.63, 3.8) is 0 Å². The number of nitrogen functional groups attached to an aromatic ring is 1. The fourth-order valence-corrected chi connectivity index (χ4v) is 2.65. The highest BCUT2D eigenvalue weighted by Crippen LogP contribution is 2.37. The molecular formula is C14H13FN2O2S. The third-order valence-electron chi connectivity index (χ3n) is 2.66. The van der Waals surface area contributed by atoms with Gasteiger partial charge in [0, 0.05) is 10.6 Å². The number of ether oxygens (including phenoxy) is 1. The average molecular weight is 292 g/mol. The molecule has 2 aromatic rings. The molecule has 2 aromatic carbocycles. The minimum atomic E-state index is -0.690. The molecule has 1 amide bonds. The molecule has 104 valence electrons. The summed E-state index contributed by atoms with van der Waals surface area (Å²) in [5, 5.41) is 0. The van der Waals surface area contributed by atoms with Gasteiger partial charge in [-0.3, -0.25) is 4.79 Å². The summed E-state index contributed by atoms with van der Waals surface area (Å²) in [5.41, 5.74) is 10.9. The lowest BCUT2D eigenvalue weighted by atomic mass is 10.1. The fraction of sp³-hybridized carbons (Fsp3) is 0.0714. The quantitative estimate of drug-likeness (QED) is 0.849. The maximum absolute atomic E-state index is 13.9. The van der Waals surface area contributed by atoms with Crippen molar-refractivity contribution in [2.45, 2.75) is 9.79 Å². The van der Waals surface area contributed by atoms with E-state index in [-0.39, 0.29) is 16.1 Å². The Kier molecular flexibility index (Phi) is 4.14. The Balaban J connectivity index is 2.43. The number of carbonyl (C=O) groups is 1. The molecule has 0 saturated carbocycles. The predicted octanol–water partition coefficient (Wildman–Crippen LogP) is 2.67. The number of benzene rings is 2. The summed E-state index contributed by atoms with van der Waals surface area (Å²) < 4.78 is 19.1. The van der Waals surface area contributed by atoms with Gasteiger partial charge in [0.2, 0.25) is 0 Å². The maximum atomic E-state index is 13.9. The molecule has 4 N–H and O–H groups in total. The van der Waals surface area contributed by atoms with Crippen molar-refractivity contribution in [2.75, 3.05) is 12.8 Å². The molecule has 0 aliphatic rings. The van der Waals surface area contributed by atoms with E-state index in [1.165, 1.54) is 13.2 Å². The molecule has 0 saturated heterocycles. The molecule has 20 heavy (non-hydrogen) atoms. The molecule has 0 spiro atoms. The smallest absolute Gasteiger partial charge is 0.250 e. The van der Waals surface area contributed by atoms with Crippen LogP contribution in [-0.2, 0) is 0 Å². The molecule has 0 unspecified atom stereocenters. The minimum absolute atomic E-state index is 0.0272. The first kappa shape index (κ1) is 14.2. The van der Waals surface area contributed by atoms with Gasteiger partial charge in [-0.05, 0) is 24.3 Å². The normalized spacial score (nSPS) is 10.3. The van der Waals surface area contributed by atoms with Gasteiger partial charge < -0.3 is 16.2 Å². The van der Waals surface area contributed by atoms with Crippen molar-refractivity contribution in [1.29, 1.82) is 0 Å². The van der Waals surface area contributed by atoms with Gasteiger partial charge in [0.15, 0.2) is 0 Å². The van der Waals surface area contributed by atoms with Crippen LogP contribution in [-0.4, -0.2) is 13.0 Å². The summed E-state index contributed by atoms with van der Waals surface area (Å²) in [4.78, 5) is 12.2.